The van der Waals surface area contributed by atoms with Gasteiger partial charge >= 0.3 is 0 Å². The van der Waals surface area contributed by atoms with E-state index in [1.165, 1.54) is 11.8 Å². The van der Waals surface area contributed by atoms with Gasteiger partial charge in [0, 0.05) is 36.9 Å². The van der Waals surface area contributed by atoms with Crippen molar-refractivity contribution in [2.45, 2.75) is 12.1 Å². The lowest BCUT2D eigenvalue weighted by molar-refractivity contribution is -0.128. The number of anilines is 1. The van der Waals surface area contributed by atoms with Gasteiger partial charge in [0.2, 0.25) is 5.91 Å². The Balaban J connectivity index is 1.34. The standard InChI is InChI=1S/C21H22ClN5OS/c1-16-5-2-3-8-19(16)27-15-23-24-21(27)29-14-20(28)26-11-9-25(10-12-26)18-7-4-6-17(22)13-18/h2-8,13,15H,9-12,14H2,1H3. The number of carbonyl (C=O) groups is 1. The van der Waals surface area contributed by atoms with Crippen LogP contribution >= 0.6 is 23.4 Å². The first-order chi connectivity index (χ1) is 14.1. The number of thioether (sulfide) groups is 1. The van der Waals surface area contributed by atoms with E-state index in [0.29, 0.717) is 18.8 Å². The number of rotatable bonds is 5. The molecule has 1 aliphatic heterocycles. The highest BCUT2D eigenvalue weighted by Gasteiger charge is 2.22. The highest BCUT2D eigenvalue weighted by atomic mass is 35.5. The van der Waals surface area contributed by atoms with Gasteiger partial charge in [-0.25, -0.2) is 0 Å². The Hall–Kier alpha value is -2.51. The number of nitrogens with zero attached hydrogens (tertiary/aromatic N) is 5. The van der Waals surface area contributed by atoms with Crippen molar-refractivity contribution in [1.29, 1.82) is 0 Å². The lowest BCUT2D eigenvalue weighted by Crippen LogP contribution is -2.49. The van der Waals surface area contributed by atoms with E-state index in [1.807, 2.05) is 58.9 Å². The van der Waals surface area contributed by atoms with Crippen LogP contribution in [-0.2, 0) is 4.79 Å². The zero-order valence-corrected chi connectivity index (χ0v) is 17.7. The third-order valence-corrected chi connectivity index (χ3v) is 6.18. The molecule has 2 heterocycles. The molecule has 150 valence electrons. The summed E-state index contributed by atoms with van der Waals surface area (Å²) < 4.78 is 1.93. The summed E-state index contributed by atoms with van der Waals surface area (Å²) in [5.41, 5.74) is 3.27. The molecule has 0 saturated carbocycles. The molecule has 1 aromatic heterocycles. The summed E-state index contributed by atoms with van der Waals surface area (Å²) in [5.74, 6) is 0.474. The highest BCUT2D eigenvalue weighted by molar-refractivity contribution is 7.99. The summed E-state index contributed by atoms with van der Waals surface area (Å²) in [5, 5.41) is 9.68. The van der Waals surface area contributed by atoms with E-state index in [4.69, 9.17) is 11.6 Å². The Morgan fingerprint density at radius 2 is 1.90 bits per heavy atom. The van der Waals surface area contributed by atoms with Crippen LogP contribution in [0.4, 0.5) is 5.69 Å². The Labute approximate surface area is 179 Å². The van der Waals surface area contributed by atoms with Crippen LogP contribution in [0.1, 0.15) is 5.56 Å². The van der Waals surface area contributed by atoms with Crippen molar-refractivity contribution in [3.05, 3.63) is 65.4 Å². The second kappa shape index (κ2) is 8.88. The molecule has 0 radical (unpaired) electrons. The summed E-state index contributed by atoms with van der Waals surface area (Å²) in [6.45, 7) is 5.06. The number of carbonyl (C=O) groups excluding carboxylic acids is 1. The molecule has 1 saturated heterocycles. The third-order valence-electron chi connectivity index (χ3n) is 5.02. The molecule has 2 aromatic carbocycles. The smallest absolute Gasteiger partial charge is 0.233 e. The summed E-state index contributed by atoms with van der Waals surface area (Å²) >= 11 is 7.52. The van der Waals surface area contributed by atoms with Crippen molar-refractivity contribution in [3.8, 4) is 5.69 Å². The molecule has 3 aromatic rings. The zero-order chi connectivity index (χ0) is 20.2. The van der Waals surface area contributed by atoms with E-state index < -0.39 is 0 Å². The summed E-state index contributed by atoms with van der Waals surface area (Å²) in [4.78, 5) is 16.9. The van der Waals surface area contributed by atoms with Crippen molar-refractivity contribution < 1.29 is 4.79 Å². The predicted octanol–water partition coefficient (Wildman–Crippen LogP) is 3.67. The number of para-hydroxylation sites is 1. The van der Waals surface area contributed by atoms with Crippen LogP contribution in [0.15, 0.2) is 60.0 Å². The van der Waals surface area contributed by atoms with Crippen molar-refractivity contribution >= 4 is 35.0 Å². The van der Waals surface area contributed by atoms with Crippen molar-refractivity contribution in [2.24, 2.45) is 0 Å². The molecule has 0 aliphatic carbocycles. The first-order valence-corrected chi connectivity index (χ1v) is 10.9. The Morgan fingerprint density at radius 1 is 1.10 bits per heavy atom. The first kappa shape index (κ1) is 19.8. The molecule has 0 N–H and O–H groups in total. The Kier molecular flexibility index (Phi) is 6.06. The molecule has 0 atom stereocenters. The molecular formula is C21H22ClN5OS. The number of hydrogen-bond acceptors (Lipinski definition) is 5. The van der Waals surface area contributed by atoms with E-state index in [1.54, 1.807) is 6.33 Å². The first-order valence-electron chi connectivity index (χ1n) is 9.49. The van der Waals surface area contributed by atoms with Gasteiger partial charge in [0.05, 0.1) is 11.4 Å². The van der Waals surface area contributed by atoms with Gasteiger partial charge in [-0.1, -0.05) is 47.6 Å². The van der Waals surface area contributed by atoms with Gasteiger partial charge in [0.25, 0.3) is 0 Å². The normalized spacial score (nSPS) is 14.3. The van der Waals surface area contributed by atoms with Gasteiger partial charge < -0.3 is 9.80 Å². The molecule has 0 bridgehead atoms. The van der Waals surface area contributed by atoms with E-state index in [-0.39, 0.29) is 5.91 Å². The molecule has 1 amide bonds. The number of hydrogen-bond donors (Lipinski definition) is 0. The second-order valence-corrected chi connectivity index (χ2v) is 8.29. The van der Waals surface area contributed by atoms with E-state index in [9.17, 15) is 4.79 Å². The number of aryl methyl sites for hydroxylation is 1. The fourth-order valence-corrected chi connectivity index (χ4v) is 4.44. The molecular weight excluding hydrogens is 406 g/mol. The summed E-state index contributed by atoms with van der Waals surface area (Å²) in [6.07, 6.45) is 1.69. The lowest BCUT2D eigenvalue weighted by atomic mass is 10.2. The SMILES string of the molecule is Cc1ccccc1-n1cnnc1SCC(=O)N1CCN(c2cccc(Cl)c2)CC1. The predicted molar refractivity (Wildman–Crippen MR) is 117 cm³/mol. The quantitative estimate of drug-likeness (QED) is 0.581. The summed E-state index contributed by atoms with van der Waals surface area (Å²) in [7, 11) is 0. The van der Waals surface area contributed by atoms with Crippen molar-refractivity contribution in [2.75, 3.05) is 36.8 Å². The monoisotopic (exact) mass is 427 g/mol. The molecule has 8 heteroatoms. The third kappa shape index (κ3) is 4.57. The van der Waals surface area contributed by atoms with Crippen LogP contribution in [0.5, 0.6) is 0 Å². The number of halogens is 1. The minimum absolute atomic E-state index is 0.125. The van der Waals surface area contributed by atoms with Gasteiger partial charge in [0.15, 0.2) is 5.16 Å². The van der Waals surface area contributed by atoms with Crippen molar-refractivity contribution in [1.82, 2.24) is 19.7 Å². The van der Waals surface area contributed by atoms with E-state index in [0.717, 1.165) is 40.2 Å². The van der Waals surface area contributed by atoms with Crippen LogP contribution in [0, 0.1) is 6.92 Å². The molecule has 29 heavy (non-hydrogen) atoms. The van der Waals surface area contributed by atoms with Gasteiger partial charge in [-0.3, -0.25) is 9.36 Å². The average molecular weight is 428 g/mol. The maximum absolute atomic E-state index is 12.7. The number of amides is 1. The number of piperazine rings is 1. The Morgan fingerprint density at radius 3 is 2.66 bits per heavy atom. The van der Waals surface area contributed by atoms with Gasteiger partial charge in [0.1, 0.15) is 6.33 Å². The van der Waals surface area contributed by atoms with E-state index in [2.05, 4.69) is 21.2 Å². The fraction of sp³-hybridized carbons (Fsp3) is 0.286. The second-order valence-electron chi connectivity index (χ2n) is 6.91. The van der Waals surface area contributed by atoms with Gasteiger partial charge in [-0.15, -0.1) is 10.2 Å². The molecule has 1 fully saturated rings. The van der Waals surface area contributed by atoms with Crippen LogP contribution in [0.2, 0.25) is 5.02 Å². The molecule has 0 unspecified atom stereocenters. The van der Waals surface area contributed by atoms with Crippen LogP contribution in [0.25, 0.3) is 5.69 Å². The topological polar surface area (TPSA) is 54.3 Å². The van der Waals surface area contributed by atoms with Crippen LogP contribution in [-0.4, -0.2) is 57.5 Å². The minimum atomic E-state index is 0.125. The Bertz CT molecular complexity index is 1000. The fourth-order valence-electron chi connectivity index (χ4n) is 3.43. The molecule has 0 spiro atoms. The minimum Gasteiger partial charge on any atom is -0.368 e. The van der Waals surface area contributed by atoms with E-state index >= 15 is 0 Å². The molecule has 4 rings (SSSR count). The molecule has 1 aliphatic rings. The average Bonchev–Trinajstić information content (AvgIpc) is 3.21. The van der Waals surface area contributed by atoms with Crippen molar-refractivity contribution in [3.63, 3.8) is 0 Å². The van der Waals surface area contributed by atoms with Gasteiger partial charge in [-0.05, 0) is 36.8 Å². The summed E-state index contributed by atoms with van der Waals surface area (Å²) in [6, 6.07) is 15.9. The largest absolute Gasteiger partial charge is 0.368 e. The lowest BCUT2D eigenvalue weighted by Gasteiger charge is -2.36. The van der Waals surface area contributed by atoms with Gasteiger partial charge in [-0.2, -0.15) is 0 Å². The van der Waals surface area contributed by atoms with Crippen LogP contribution < -0.4 is 4.90 Å². The zero-order valence-electron chi connectivity index (χ0n) is 16.2. The van der Waals surface area contributed by atoms with Crippen LogP contribution in [0.3, 0.4) is 0 Å². The number of aromatic nitrogens is 3. The number of benzene rings is 2. The maximum Gasteiger partial charge on any atom is 0.233 e. The molecule has 6 nitrogen and oxygen atoms in total. The highest BCUT2D eigenvalue weighted by Crippen LogP contribution is 2.23. The maximum atomic E-state index is 12.7.